The van der Waals surface area contributed by atoms with Gasteiger partial charge in [-0.3, -0.25) is 4.79 Å². The molecule has 0 atom stereocenters. The number of benzene rings is 2. The molecule has 152 valence electrons. The van der Waals surface area contributed by atoms with Crippen LogP contribution in [0.5, 0.6) is 5.75 Å². The van der Waals surface area contributed by atoms with Crippen molar-refractivity contribution in [1.29, 1.82) is 0 Å². The second-order valence-corrected chi connectivity index (χ2v) is 9.23. The monoisotopic (exact) mass is 404 g/mol. The van der Waals surface area contributed by atoms with Crippen molar-refractivity contribution >= 4 is 21.6 Å². The SMILES string of the molecule is COc1ccc(S(=O)(=O)N(C)C)cc1CCC(=O)Nc1c(C)cc(C)cc1C. The van der Waals surface area contributed by atoms with E-state index < -0.39 is 10.0 Å². The number of nitrogens with zero attached hydrogens (tertiary/aromatic N) is 1. The number of sulfonamides is 1. The standard InChI is InChI=1S/C21H28N2O4S/c1-14-11-15(2)21(16(3)12-14)22-20(24)10-7-17-13-18(8-9-19(17)27-6)28(25,26)23(4)5/h8-9,11-13H,7,10H2,1-6H3,(H,22,24). The van der Waals surface area contributed by atoms with Gasteiger partial charge >= 0.3 is 0 Å². The van der Waals surface area contributed by atoms with E-state index in [9.17, 15) is 13.2 Å². The molecular weight excluding hydrogens is 376 g/mol. The number of methoxy groups -OCH3 is 1. The molecule has 0 unspecified atom stereocenters. The molecule has 0 bridgehead atoms. The Kier molecular flexibility index (Phi) is 6.85. The lowest BCUT2D eigenvalue weighted by atomic mass is 10.0. The number of rotatable bonds is 7. The van der Waals surface area contributed by atoms with E-state index in [1.54, 1.807) is 12.1 Å². The summed E-state index contributed by atoms with van der Waals surface area (Å²) in [5, 5.41) is 2.97. The summed E-state index contributed by atoms with van der Waals surface area (Å²) in [4.78, 5) is 12.7. The Morgan fingerprint density at radius 1 is 1.07 bits per heavy atom. The number of ether oxygens (including phenoxy) is 1. The summed E-state index contributed by atoms with van der Waals surface area (Å²) >= 11 is 0. The molecule has 7 heteroatoms. The van der Waals surface area contributed by atoms with Gasteiger partial charge in [0.1, 0.15) is 5.75 Å². The molecule has 28 heavy (non-hydrogen) atoms. The first-order chi connectivity index (χ1) is 13.1. The van der Waals surface area contributed by atoms with E-state index in [2.05, 4.69) is 5.32 Å². The van der Waals surface area contributed by atoms with Crippen molar-refractivity contribution < 1.29 is 17.9 Å². The minimum atomic E-state index is -3.55. The summed E-state index contributed by atoms with van der Waals surface area (Å²) in [5.74, 6) is 0.436. The van der Waals surface area contributed by atoms with E-state index in [1.807, 2.05) is 32.9 Å². The fraction of sp³-hybridized carbons (Fsp3) is 0.381. The van der Waals surface area contributed by atoms with Crippen molar-refractivity contribution in [2.75, 3.05) is 26.5 Å². The minimum absolute atomic E-state index is 0.127. The maximum absolute atomic E-state index is 12.5. The second kappa shape index (κ2) is 8.75. The lowest BCUT2D eigenvalue weighted by Crippen LogP contribution is -2.22. The zero-order valence-corrected chi connectivity index (χ0v) is 18.1. The fourth-order valence-corrected chi connectivity index (χ4v) is 4.10. The van der Waals surface area contributed by atoms with Crippen LogP contribution in [0.3, 0.4) is 0 Å². The molecule has 1 amide bonds. The third-order valence-electron chi connectivity index (χ3n) is 4.59. The van der Waals surface area contributed by atoms with Gasteiger partial charge in [0, 0.05) is 26.2 Å². The number of carbonyl (C=O) groups excluding carboxylic acids is 1. The van der Waals surface area contributed by atoms with Crippen LogP contribution in [-0.4, -0.2) is 39.8 Å². The van der Waals surface area contributed by atoms with Crippen molar-refractivity contribution in [1.82, 2.24) is 4.31 Å². The quantitative estimate of drug-likeness (QED) is 0.767. The summed E-state index contributed by atoms with van der Waals surface area (Å²) in [7, 11) is 0.946. The molecule has 2 rings (SSSR count). The van der Waals surface area contributed by atoms with Crippen LogP contribution in [0.1, 0.15) is 28.7 Å². The van der Waals surface area contributed by atoms with Crippen LogP contribution < -0.4 is 10.1 Å². The average Bonchev–Trinajstić information content (AvgIpc) is 2.62. The number of hydrogen-bond acceptors (Lipinski definition) is 4. The van der Waals surface area contributed by atoms with Crippen LogP contribution in [0.15, 0.2) is 35.2 Å². The zero-order chi connectivity index (χ0) is 21.1. The smallest absolute Gasteiger partial charge is 0.242 e. The van der Waals surface area contributed by atoms with Crippen LogP contribution in [0.4, 0.5) is 5.69 Å². The summed E-state index contributed by atoms with van der Waals surface area (Å²) in [6, 6.07) is 8.76. The molecule has 6 nitrogen and oxygen atoms in total. The number of amides is 1. The van der Waals surface area contributed by atoms with E-state index in [0.29, 0.717) is 17.7 Å². The molecule has 0 radical (unpaired) electrons. The number of aryl methyl sites for hydroxylation is 4. The van der Waals surface area contributed by atoms with Gasteiger partial charge in [-0.05, 0) is 62.1 Å². The largest absolute Gasteiger partial charge is 0.496 e. The Morgan fingerprint density at radius 3 is 2.21 bits per heavy atom. The summed E-state index contributed by atoms with van der Waals surface area (Å²) < 4.78 is 31.2. The van der Waals surface area contributed by atoms with E-state index in [1.165, 1.54) is 27.3 Å². The molecule has 0 saturated carbocycles. The van der Waals surface area contributed by atoms with Gasteiger partial charge in [0.05, 0.1) is 12.0 Å². The summed E-state index contributed by atoms with van der Waals surface area (Å²) in [5.41, 5.74) is 4.69. The molecule has 0 aliphatic rings. The number of carbonyl (C=O) groups is 1. The first-order valence-corrected chi connectivity index (χ1v) is 10.5. The number of hydrogen-bond donors (Lipinski definition) is 1. The van der Waals surface area contributed by atoms with Crippen molar-refractivity contribution in [3.05, 3.63) is 52.6 Å². The molecule has 0 aliphatic carbocycles. The molecule has 0 saturated heterocycles. The van der Waals surface area contributed by atoms with E-state index >= 15 is 0 Å². The van der Waals surface area contributed by atoms with Gasteiger partial charge in [0.15, 0.2) is 0 Å². The van der Waals surface area contributed by atoms with E-state index in [4.69, 9.17) is 4.74 Å². The van der Waals surface area contributed by atoms with Gasteiger partial charge in [-0.15, -0.1) is 0 Å². The number of nitrogens with one attached hydrogen (secondary N) is 1. The number of anilines is 1. The highest BCUT2D eigenvalue weighted by molar-refractivity contribution is 7.89. The molecule has 0 fully saturated rings. The van der Waals surface area contributed by atoms with Crippen molar-refractivity contribution in [3.63, 3.8) is 0 Å². The Hall–Kier alpha value is -2.38. The van der Waals surface area contributed by atoms with Gasteiger partial charge in [-0.2, -0.15) is 0 Å². The minimum Gasteiger partial charge on any atom is -0.496 e. The molecule has 1 N–H and O–H groups in total. The molecular formula is C21H28N2O4S. The Bertz CT molecular complexity index is 959. The lowest BCUT2D eigenvalue weighted by molar-refractivity contribution is -0.116. The second-order valence-electron chi connectivity index (χ2n) is 7.08. The van der Waals surface area contributed by atoms with Gasteiger partial charge in [0.25, 0.3) is 0 Å². The Balaban J connectivity index is 2.19. The van der Waals surface area contributed by atoms with Crippen molar-refractivity contribution in [3.8, 4) is 5.75 Å². The maximum Gasteiger partial charge on any atom is 0.242 e. The van der Waals surface area contributed by atoms with Gasteiger partial charge in [-0.1, -0.05) is 17.7 Å². The first kappa shape index (κ1) is 21.9. The van der Waals surface area contributed by atoms with Crippen LogP contribution in [0.2, 0.25) is 0 Å². The van der Waals surface area contributed by atoms with Crippen LogP contribution in [0, 0.1) is 20.8 Å². The van der Waals surface area contributed by atoms with Crippen molar-refractivity contribution in [2.45, 2.75) is 38.5 Å². The molecule has 0 aliphatic heterocycles. The first-order valence-electron chi connectivity index (χ1n) is 9.03. The Labute approximate surface area is 167 Å². The zero-order valence-electron chi connectivity index (χ0n) is 17.3. The third-order valence-corrected chi connectivity index (χ3v) is 6.40. The van der Waals surface area contributed by atoms with Gasteiger partial charge in [0.2, 0.25) is 15.9 Å². The predicted molar refractivity (Wildman–Crippen MR) is 111 cm³/mol. The predicted octanol–water partition coefficient (Wildman–Crippen LogP) is 3.44. The average molecular weight is 405 g/mol. The highest BCUT2D eigenvalue weighted by atomic mass is 32.2. The third kappa shape index (κ3) is 4.91. The maximum atomic E-state index is 12.5. The highest BCUT2D eigenvalue weighted by Gasteiger charge is 2.19. The molecule has 0 spiro atoms. The van der Waals surface area contributed by atoms with E-state index in [-0.39, 0.29) is 17.2 Å². The normalized spacial score (nSPS) is 11.5. The van der Waals surface area contributed by atoms with Crippen LogP contribution >= 0.6 is 0 Å². The topological polar surface area (TPSA) is 75.7 Å². The highest BCUT2D eigenvalue weighted by Crippen LogP contribution is 2.26. The summed E-state index contributed by atoms with van der Waals surface area (Å²) in [6.45, 7) is 5.95. The molecule has 0 aromatic heterocycles. The lowest BCUT2D eigenvalue weighted by Gasteiger charge is -2.15. The van der Waals surface area contributed by atoms with Gasteiger partial charge in [-0.25, -0.2) is 12.7 Å². The van der Waals surface area contributed by atoms with Crippen LogP contribution in [0.25, 0.3) is 0 Å². The molecule has 0 heterocycles. The van der Waals surface area contributed by atoms with Crippen LogP contribution in [-0.2, 0) is 21.2 Å². The summed E-state index contributed by atoms with van der Waals surface area (Å²) in [6.07, 6.45) is 0.588. The van der Waals surface area contributed by atoms with E-state index in [0.717, 1.165) is 26.7 Å². The fourth-order valence-electron chi connectivity index (χ4n) is 3.15. The van der Waals surface area contributed by atoms with Gasteiger partial charge < -0.3 is 10.1 Å². The Morgan fingerprint density at radius 2 is 1.68 bits per heavy atom. The molecule has 2 aromatic rings. The van der Waals surface area contributed by atoms with Crippen molar-refractivity contribution in [2.24, 2.45) is 0 Å². The molecule has 2 aromatic carbocycles.